The summed E-state index contributed by atoms with van der Waals surface area (Å²) in [5.74, 6) is 1.77. The van der Waals surface area contributed by atoms with Crippen molar-refractivity contribution < 1.29 is 8.42 Å². The van der Waals surface area contributed by atoms with Crippen molar-refractivity contribution in [3.05, 3.63) is 0 Å². The number of unbranched alkanes of at least 4 members (excludes halogenated alkanes) is 1. The minimum Gasteiger partial charge on any atom is -0.328 e. The second-order valence-electron chi connectivity index (χ2n) is 5.92. The SMILES string of the molecule is CCCCC(CC)CC(N)CC1CCS(=O)(=O)C1. The van der Waals surface area contributed by atoms with E-state index in [-0.39, 0.29) is 6.04 Å². The molecule has 1 heterocycles. The Morgan fingerprint density at radius 1 is 1.33 bits per heavy atom. The number of sulfone groups is 1. The first-order valence-corrected chi connectivity index (χ1v) is 9.25. The molecule has 0 saturated carbocycles. The highest BCUT2D eigenvalue weighted by atomic mass is 32.2. The number of nitrogens with two attached hydrogens (primary N) is 1. The lowest BCUT2D eigenvalue weighted by atomic mass is 9.88. The quantitative estimate of drug-likeness (QED) is 0.741. The van der Waals surface area contributed by atoms with Gasteiger partial charge in [0.25, 0.3) is 0 Å². The summed E-state index contributed by atoms with van der Waals surface area (Å²) < 4.78 is 22.8. The zero-order chi connectivity index (χ0) is 13.6. The van der Waals surface area contributed by atoms with Gasteiger partial charge in [-0.25, -0.2) is 8.42 Å². The lowest BCUT2D eigenvalue weighted by Crippen LogP contribution is -2.27. The third-order valence-corrected chi connectivity index (χ3v) is 5.98. The van der Waals surface area contributed by atoms with Crippen molar-refractivity contribution in [2.45, 2.75) is 64.8 Å². The van der Waals surface area contributed by atoms with E-state index >= 15 is 0 Å². The molecule has 108 valence electrons. The normalized spacial score (nSPS) is 26.1. The van der Waals surface area contributed by atoms with E-state index in [1.165, 1.54) is 25.7 Å². The summed E-state index contributed by atoms with van der Waals surface area (Å²) in [5.41, 5.74) is 6.20. The molecular formula is C14H29NO2S. The molecule has 0 bridgehead atoms. The van der Waals surface area contributed by atoms with E-state index < -0.39 is 9.84 Å². The minimum absolute atomic E-state index is 0.185. The van der Waals surface area contributed by atoms with Crippen LogP contribution in [0.2, 0.25) is 0 Å². The van der Waals surface area contributed by atoms with Gasteiger partial charge in [-0.3, -0.25) is 0 Å². The van der Waals surface area contributed by atoms with Crippen LogP contribution in [0.25, 0.3) is 0 Å². The lowest BCUT2D eigenvalue weighted by Gasteiger charge is -2.21. The van der Waals surface area contributed by atoms with E-state index in [0.29, 0.717) is 17.4 Å². The average Bonchev–Trinajstić information content (AvgIpc) is 2.63. The third kappa shape index (κ3) is 5.70. The molecule has 1 aliphatic rings. The highest BCUT2D eigenvalue weighted by Gasteiger charge is 2.29. The van der Waals surface area contributed by atoms with Gasteiger partial charge in [0, 0.05) is 6.04 Å². The molecule has 18 heavy (non-hydrogen) atoms. The molecular weight excluding hydrogens is 246 g/mol. The maximum absolute atomic E-state index is 11.4. The number of hydrogen-bond acceptors (Lipinski definition) is 3. The molecule has 1 rings (SSSR count). The highest BCUT2D eigenvalue weighted by molar-refractivity contribution is 7.91. The van der Waals surface area contributed by atoms with Gasteiger partial charge in [0.15, 0.2) is 9.84 Å². The Kier molecular flexibility index (Phi) is 6.64. The maximum atomic E-state index is 11.4. The fourth-order valence-corrected chi connectivity index (χ4v) is 4.87. The molecule has 0 aromatic carbocycles. The van der Waals surface area contributed by atoms with E-state index in [2.05, 4.69) is 13.8 Å². The first kappa shape index (κ1) is 16.0. The largest absolute Gasteiger partial charge is 0.328 e. The second-order valence-corrected chi connectivity index (χ2v) is 8.15. The molecule has 1 aliphatic heterocycles. The first-order chi connectivity index (χ1) is 8.46. The second kappa shape index (κ2) is 7.49. The maximum Gasteiger partial charge on any atom is 0.150 e. The number of rotatable bonds is 8. The average molecular weight is 275 g/mol. The van der Waals surface area contributed by atoms with Gasteiger partial charge < -0.3 is 5.73 Å². The van der Waals surface area contributed by atoms with Gasteiger partial charge in [0.1, 0.15) is 0 Å². The van der Waals surface area contributed by atoms with Gasteiger partial charge in [0.2, 0.25) is 0 Å². The van der Waals surface area contributed by atoms with Gasteiger partial charge in [-0.15, -0.1) is 0 Å². The van der Waals surface area contributed by atoms with Crippen LogP contribution in [0.1, 0.15) is 58.8 Å². The predicted molar refractivity (Wildman–Crippen MR) is 77.3 cm³/mol. The lowest BCUT2D eigenvalue weighted by molar-refractivity contribution is 0.350. The van der Waals surface area contributed by atoms with Crippen molar-refractivity contribution in [3.63, 3.8) is 0 Å². The molecule has 0 aromatic rings. The molecule has 0 aromatic heterocycles. The highest BCUT2D eigenvalue weighted by Crippen LogP contribution is 2.26. The van der Waals surface area contributed by atoms with Crippen molar-refractivity contribution in [2.24, 2.45) is 17.6 Å². The van der Waals surface area contributed by atoms with Crippen molar-refractivity contribution in [1.29, 1.82) is 0 Å². The first-order valence-electron chi connectivity index (χ1n) is 7.42. The van der Waals surface area contributed by atoms with Gasteiger partial charge in [-0.05, 0) is 31.1 Å². The molecule has 2 N–H and O–H groups in total. The fraction of sp³-hybridized carbons (Fsp3) is 1.00. The zero-order valence-corrected chi connectivity index (χ0v) is 12.7. The Balaban J connectivity index is 2.30. The van der Waals surface area contributed by atoms with Crippen LogP contribution in [-0.4, -0.2) is 26.0 Å². The number of hydrogen-bond donors (Lipinski definition) is 1. The Hall–Kier alpha value is -0.0900. The van der Waals surface area contributed by atoms with Gasteiger partial charge in [0.05, 0.1) is 11.5 Å². The van der Waals surface area contributed by atoms with Crippen LogP contribution >= 0.6 is 0 Å². The summed E-state index contributed by atoms with van der Waals surface area (Å²) >= 11 is 0. The van der Waals surface area contributed by atoms with Crippen molar-refractivity contribution >= 4 is 9.84 Å². The fourth-order valence-electron chi connectivity index (χ4n) is 2.99. The van der Waals surface area contributed by atoms with Gasteiger partial charge in [-0.2, -0.15) is 0 Å². The zero-order valence-electron chi connectivity index (χ0n) is 11.9. The molecule has 1 fully saturated rings. The third-order valence-electron chi connectivity index (χ3n) is 4.14. The van der Waals surface area contributed by atoms with Crippen molar-refractivity contribution in [3.8, 4) is 0 Å². The summed E-state index contributed by atoms with van der Waals surface area (Å²) in [4.78, 5) is 0. The molecule has 0 spiro atoms. The summed E-state index contributed by atoms with van der Waals surface area (Å²) in [6.07, 6.45) is 7.76. The van der Waals surface area contributed by atoms with Crippen LogP contribution in [0.3, 0.4) is 0 Å². The Labute approximate surface area is 112 Å². The van der Waals surface area contributed by atoms with E-state index in [1.807, 2.05) is 0 Å². The van der Waals surface area contributed by atoms with Crippen molar-refractivity contribution in [1.82, 2.24) is 0 Å². The van der Waals surface area contributed by atoms with Crippen molar-refractivity contribution in [2.75, 3.05) is 11.5 Å². The molecule has 3 unspecified atom stereocenters. The topological polar surface area (TPSA) is 60.2 Å². The molecule has 4 heteroatoms. The monoisotopic (exact) mass is 275 g/mol. The van der Waals surface area contributed by atoms with Gasteiger partial charge >= 0.3 is 0 Å². The van der Waals surface area contributed by atoms with Crippen LogP contribution in [-0.2, 0) is 9.84 Å². The van der Waals surface area contributed by atoms with Crippen LogP contribution in [0, 0.1) is 11.8 Å². The van der Waals surface area contributed by atoms with Crippen LogP contribution in [0.5, 0.6) is 0 Å². The van der Waals surface area contributed by atoms with E-state index in [4.69, 9.17) is 5.73 Å². The molecule has 0 aliphatic carbocycles. The smallest absolute Gasteiger partial charge is 0.150 e. The van der Waals surface area contributed by atoms with E-state index in [9.17, 15) is 8.42 Å². The van der Waals surface area contributed by atoms with E-state index in [1.54, 1.807) is 0 Å². The molecule has 0 amide bonds. The molecule has 1 saturated heterocycles. The Morgan fingerprint density at radius 3 is 2.56 bits per heavy atom. The molecule has 0 radical (unpaired) electrons. The molecule has 3 nitrogen and oxygen atoms in total. The van der Waals surface area contributed by atoms with Gasteiger partial charge in [-0.1, -0.05) is 39.5 Å². The van der Waals surface area contributed by atoms with Crippen LogP contribution in [0.4, 0.5) is 0 Å². The minimum atomic E-state index is -2.74. The Morgan fingerprint density at radius 2 is 2.06 bits per heavy atom. The predicted octanol–water partition coefficient (Wildman–Crippen LogP) is 2.75. The molecule has 3 atom stereocenters. The summed E-state index contributed by atoms with van der Waals surface area (Å²) in [6.45, 7) is 4.45. The standard InChI is InChI=1S/C14H29NO2S/c1-3-5-6-12(4-2)9-14(15)10-13-7-8-18(16,17)11-13/h12-14H,3-11,15H2,1-2H3. The summed E-state index contributed by atoms with van der Waals surface area (Å²) in [5, 5.41) is 0. The summed E-state index contributed by atoms with van der Waals surface area (Å²) in [7, 11) is -2.74. The summed E-state index contributed by atoms with van der Waals surface area (Å²) in [6, 6.07) is 0.185. The van der Waals surface area contributed by atoms with E-state index in [0.717, 1.165) is 25.2 Å². The van der Waals surface area contributed by atoms with Crippen LogP contribution < -0.4 is 5.73 Å². The Bertz CT molecular complexity index is 327. The van der Waals surface area contributed by atoms with Crippen LogP contribution in [0.15, 0.2) is 0 Å².